The highest BCUT2D eigenvalue weighted by atomic mass is 19.1. The van der Waals surface area contributed by atoms with Gasteiger partial charge in [-0.15, -0.1) is 0 Å². The molecule has 312 valence electrons. The van der Waals surface area contributed by atoms with Crippen molar-refractivity contribution in [3.63, 3.8) is 0 Å². The van der Waals surface area contributed by atoms with Crippen molar-refractivity contribution in [3.8, 4) is 34.2 Å². The van der Waals surface area contributed by atoms with Crippen molar-refractivity contribution < 1.29 is 17.6 Å². The van der Waals surface area contributed by atoms with Gasteiger partial charge >= 0.3 is 0 Å². The summed E-state index contributed by atoms with van der Waals surface area (Å²) in [6.45, 7) is 3.74. The van der Waals surface area contributed by atoms with Crippen LogP contribution in [0.1, 0.15) is 83.1 Å². The van der Waals surface area contributed by atoms with Crippen LogP contribution in [-0.4, -0.2) is 65.6 Å². The summed E-state index contributed by atoms with van der Waals surface area (Å²) < 4.78 is 60.2. The van der Waals surface area contributed by atoms with E-state index < -0.39 is 42.8 Å². The number of aryl methyl sites for hydroxylation is 1. The molecule has 11 heterocycles. The van der Waals surface area contributed by atoms with E-state index in [1.807, 2.05) is 98.8 Å². The molecule has 0 spiro atoms. The zero-order valence-corrected chi connectivity index (χ0v) is 33.2. The average Bonchev–Trinajstić information content (AvgIpc) is 4.08. The van der Waals surface area contributed by atoms with Gasteiger partial charge in [0.05, 0.1) is 86.5 Å². The molecule has 9 atom stereocenters. The maximum Gasteiger partial charge on any atom is 0.146 e. The van der Waals surface area contributed by atoms with E-state index in [9.17, 15) is 8.78 Å². The first-order valence-corrected chi connectivity index (χ1v) is 20.7. The van der Waals surface area contributed by atoms with E-state index in [1.54, 1.807) is 18.2 Å². The highest BCUT2D eigenvalue weighted by Gasteiger charge is 2.38. The van der Waals surface area contributed by atoms with Crippen LogP contribution < -0.4 is 21.3 Å². The lowest BCUT2D eigenvalue weighted by Gasteiger charge is -2.14. The van der Waals surface area contributed by atoms with Gasteiger partial charge in [0.25, 0.3) is 0 Å². The average molecular weight is 828 g/mol. The Morgan fingerprint density at radius 2 is 0.803 bits per heavy atom. The Bertz CT molecular complexity index is 2820. The van der Waals surface area contributed by atoms with Gasteiger partial charge in [0.2, 0.25) is 0 Å². The number of rotatable bonds is 10. The molecular formula is C46H45F4N11. The van der Waals surface area contributed by atoms with Crippen molar-refractivity contribution >= 4 is 17.1 Å². The molecule has 0 amide bonds. The largest absolute Gasteiger partial charge is 0.378 e. The third-order valence-electron chi connectivity index (χ3n) is 12.5. The summed E-state index contributed by atoms with van der Waals surface area (Å²) in [7, 11) is 0. The van der Waals surface area contributed by atoms with Gasteiger partial charge in [-0.1, -0.05) is 0 Å². The molecule has 15 heteroatoms. The van der Waals surface area contributed by atoms with Crippen molar-refractivity contribution in [2.75, 3.05) is 0 Å². The van der Waals surface area contributed by atoms with Crippen LogP contribution >= 0.6 is 0 Å². The minimum absolute atomic E-state index is 0.219. The molecule has 0 aromatic carbocycles. The molecule has 61 heavy (non-hydrogen) atoms. The highest BCUT2D eigenvalue weighted by Crippen LogP contribution is 2.39. The normalized spacial score (nSPS) is 27.2. The molecule has 0 bridgehead atoms. The van der Waals surface area contributed by atoms with Crippen LogP contribution in [-0.2, 0) is 0 Å². The minimum atomic E-state index is -1.28. The molecule has 1 saturated heterocycles. The van der Waals surface area contributed by atoms with Gasteiger partial charge < -0.3 is 50.8 Å². The lowest BCUT2D eigenvalue weighted by Crippen LogP contribution is -2.25. The smallest absolute Gasteiger partial charge is 0.146 e. The second-order valence-electron chi connectivity index (χ2n) is 16.6. The van der Waals surface area contributed by atoms with E-state index in [2.05, 4.69) is 56.2 Å². The molecule has 7 aromatic rings. The lowest BCUT2D eigenvalue weighted by atomic mass is 10.1. The van der Waals surface area contributed by atoms with Crippen LogP contribution in [0.4, 0.5) is 17.6 Å². The van der Waals surface area contributed by atoms with Crippen LogP contribution in [0.3, 0.4) is 0 Å². The summed E-state index contributed by atoms with van der Waals surface area (Å²) in [5.41, 5.74) is 13.4. The number of hydrogen-bond acceptors (Lipinski definition) is 4. The maximum atomic E-state index is 15.6. The van der Waals surface area contributed by atoms with Gasteiger partial charge in [-0.25, -0.2) is 17.6 Å². The Hall–Kier alpha value is -6.74. The Kier molecular flexibility index (Phi) is 8.84. The Morgan fingerprint density at radius 3 is 1.33 bits per heavy atom. The fourth-order valence-electron chi connectivity index (χ4n) is 9.14. The summed E-state index contributed by atoms with van der Waals surface area (Å²) in [5, 5.41) is 13.2. The third-order valence-corrected chi connectivity index (χ3v) is 12.5. The first-order chi connectivity index (χ1) is 29.6. The zero-order valence-electron chi connectivity index (χ0n) is 33.2. The van der Waals surface area contributed by atoms with Crippen LogP contribution in [0.15, 0.2) is 103 Å². The Labute approximate surface area is 348 Å². The Balaban J connectivity index is 0.719. The first kappa shape index (κ1) is 37.3. The number of H-pyrrole nitrogens is 7. The summed E-state index contributed by atoms with van der Waals surface area (Å²) in [5.74, 6) is 0. The second kappa shape index (κ2) is 14.5. The Morgan fingerprint density at radius 1 is 0.410 bits per heavy atom. The van der Waals surface area contributed by atoms with Gasteiger partial charge in [0.1, 0.15) is 36.8 Å². The van der Waals surface area contributed by atoms with Crippen LogP contribution in [0, 0.1) is 6.92 Å². The van der Waals surface area contributed by atoms with Crippen molar-refractivity contribution in [2.24, 2.45) is 0 Å². The number of hydrogen-bond donors (Lipinski definition) is 11. The van der Waals surface area contributed by atoms with E-state index in [-0.39, 0.29) is 12.1 Å². The number of halogens is 4. The summed E-state index contributed by atoms with van der Waals surface area (Å²) in [6.07, 6.45) is 0.415. The minimum Gasteiger partial charge on any atom is -0.378 e. The monoisotopic (exact) mass is 827 g/mol. The third kappa shape index (κ3) is 6.72. The van der Waals surface area contributed by atoms with Gasteiger partial charge in [-0.05, 0) is 117 Å². The number of alkyl halides is 4. The van der Waals surface area contributed by atoms with E-state index in [0.29, 0.717) is 29.2 Å². The molecule has 4 aliphatic heterocycles. The van der Waals surface area contributed by atoms with Crippen molar-refractivity contribution in [1.29, 1.82) is 0 Å². The van der Waals surface area contributed by atoms with Crippen molar-refractivity contribution in [1.82, 2.24) is 56.2 Å². The molecule has 1 fully saturated rings. The summed E-state index contributed by atoms with van der Waals surface area (Å²) >= 11 is 0. The predicted octanol–water partition coefficient (Wildman–Crippen LogP) is 9.12. The molecular weight excluding hydrogens is 783 g/mol. The van der Waals surface area contributed by atoms with Crippen LogP contribution in [0.2, 0.25) is 0 Å². The van der Waals surface area contributed by atoms with Gasteiger partial charge in [0.15, 0.2) is 0 Å². The quantitative estimate of drug-likeness (QED) is 0.0622. The lowest BCUT2D eigenvalue weighted by molar-refractivity contribution is 0.301. The van der Waals surface area contributed by atoms with E-state index in [4.69, 9.17) is 0 Å². The SMILES string of the molecule is Cc1ccc(C2NC(c3ccc(C4=C[C@@H](F)C(c5ccc(-c6ccc(-c7ccc(C8C[C@@H](F)C(c9ccc(-c%10ccc(C%11=CC(F)C(C)N%11)[nH]%10)[nH]9)N8)[nH]7)[nH]6)[nH]5)N4)[nH]3)=C[C@H]2F)[nH]1. The molecule has 11 nitrogen and oxygen atoms in total. The van der Waals surface area contributed by atoms with E-state index in [0.717, 1.165) is 74.0 Å². The first-order valence-electron chi connectivity index (χ1n) is 20.7. The zero-order chi connectivity index (χ0) is 41.5. The predicted molar refractivity (Wildman–Crippen MR) is 228 cm³/mol. The fourth-order valence-corrected chi connectivity index (χ4v) is 9.14. The number of nitrogens with one attached hydrogen (secondary N) is 11. The maximum absolute atomic E-state index is 15.6. The topological polar surface area (TPSA) is 159 Å². The standard InChI is InChI=1S/C46H45F4N11/c1-21-3-4-37(51-21)44-24(48)18-42(59-44)35-11-12-36(56-35)43-20-26(50)46(61-43)38-15-13-31(57-38)29-6-5-27(53-29)28-8-10-34(55-28)41-19-25(49)45(60-41)39-16-14-32(58-39)30-7-9-33(54-30)40-17-23(47)22(2)52-40/h3-18,20,22-26,41,44-46,51-61H,19H2,1-2H3/t22?,23?,24-,25-,26-,41?,44?,45?,46?/m1/s1. The molecule has 0 saturated carbocycles. The number of aromatic amines is 7. The molecule has 0 aliphatic carbocycles. The van der Waals surface area contributed by atoms with Crippen LogP contribution in [0.5, 0.6) is 0 Å². The van der Waals surface area contributed by atoms with E-state index >= 15 is 8.78 Å². The highest BCUT2D eigenvalue weighted by molar-refractivity contribution is 5.72. The van der Waals surface area contributed by atoms with E-state index in [1.165, 1.54) is 0 Å². The van der Waals surface area contributed by atoms with Gasteiger partial charge in [-0.3, -0.25) is 5.32 Å². The fraction of sp³-hybridized carbons (Fsp3) is 0.261. The van der Waals surface area contributed by atoms with Crippen LogP contribution in [0.25, 0.3) is 51.3 Å². The second-order valence-corrected chi connectivity index (χ2v) is 16.6. The number of aromatic nitrogens is 7. The molecule has 6 unspecified atom stereocenters. The summed E-state index contributed by atoms with van der Waals surface area (Å²) in [6, 6.07) is 24.8. The van der Waals surface area contributed by atoms with Gasteiger partial charge in [0, 0.05) is 34.9 Å². The van der Waals surface area contributed by atoms with Crippen molar-refractivity contribution in [3.05, 3.63) is 149 Å². The van der Waals surface area contributed by atoms with Crippen molar-refractivity contribution in [2.45, 2.75) is 75.2 Å². The molecule has 7 aromatic heterocycles. The molecule has 11 rings (SSSR count). The van der Waals surface area contributed by atoms with Gasteiger partial charge in [-0.2, -0.15) is 0 Å². The molecule has 4 aliphatic rings. The molecule has 11 N–H and O–H groups in total. The summed E-state index contributed by atoms with van der Waals surface area (Å²) in [4.78, 5) is 23.6. The molecule has 0 radical (unpaired) electrons.